The van der Waals surface area contributed by atoms with Crippen LogP contribution in [0.15, 0.2) is 35.2 Å². The smallest absolute Gasteiger partial charge is 0.246 e. The Morgan fingerprint density at radius 3 is 2.45 bits per heavy atom. The topological polar surface area (TPSA) is 84.9 Å². The summed E-state index contributed by atoms with van der Waals surface area (Å²) in [6.45, 7) is 0.313. The highest BCUT2D eigenvalue weighted by molar-refractivity contribution is 7.89. The second kappa shape index (κ2) is 9.83. The van der Waals surface area contributed by atoms with Gasteiger partial charge in [0.25, 0.3) is 0 Å². The summed E-state index contributed by atoms with van der Waals surface area (Å²) < 4.78 is 38.3. The largest absolute Gasteiger partial charge is 0.497 e. The lowest BCUT2D eigenvalue weighted by atomic mass is 9.98. The maximum absolute atomic E-state index is 13.3. The maximum Gasteiger partial charge on any atom is 0.246 e. The van der Waals surface area contributed by atoms with Crippen molar-refractivity contribution in [1.29, 1.82) is 0 Å². The molecule has 2 aromatic carbocycles. The Bertz CT molecular complexity index is 1090. The quantitative estimate of drug-likeness (QED) is 0.573. The Morgan fingerprint density at radius 2 is 1.77 bits per heavy atom. The third-order valence-corrected chi connectivity index (χ3v) is 7.93. The van der Waals surface area contributed by atoms with E-state index >= 15 is 0 Å². The van der Waals surface area contributed by atoms with E-state index in [1.807, 2.05) is 0 Å². The second-order valence-electron chi connectivity index (χ2n) is 6.95. The van der Waals surface area contributed by atoms with Crippen LogP contribution in [0.25, 0.3) is 0 Å². The third-order valence-electron chi connectivity index (χ3n) is 5.01. The average molecular weight is 508 g/mol. The fourth-order valence-electron chi connectivity index (χ4n) is 3.35. The van der Waals surface area contributed by atoms with Crippen LogP contribution in [0.1, 0.15) is 12.8 Å². The van der Waals surface area contributed by atoms with Gasteiger partial charge < -0.3 is 14.8 Å². The summed E-state index contributed by atoms with van der Waals surface area (Å²) in [5.74, 6) is -0.321. The Kier molecular flexibility index (Phi) is 7.59. The fourth-order valence-corrected chi connectivity index (χ4v) is 5.64. The minimum Gasteiger partial charge on any atom is -0.497 e. The molecule has 1 saturated heterocycles. The molecule has 3 rings (SSSR count). The molecule has 1 aliphatic heterocycles. The lowest BCUT2D eigenvalue weighted by molar-refractivity contribution is -0.120. The first-order valence-electron chi connectivity index (χ1n) is 9.35. The van der Waals surface area contributed by atoms with Crippen molar-refractivity contribution in [2.45, 2.75) is 17.7 Å². The van der Waals surface area contributed by atoms with E-state index in [4.69, 9.17) is 44.3 Å². The predicted octanol–water partition coefficient (Wildman–Crippen LogP) is 4.70. The minimum absolute atomic E-state index is 0.0112. The number of nitrogens with one attached hydrogen (secondary N) is 1. The van der Waals surface area contributed by atoms with Gasteiger partial charge >= 0.3 is 0 Å². The maximum atomic E-state index is 13.3. The highest BCUT2D eigenvalue weighted by Crippen LogP contribution is 2.35. The SMILES string of the molecule is COc1ccc(OC)c(S(=O)(=O)N2CCC[C@@H](C(=O)Nc3cc(Cl)c(Cl)cc3Cl)C2)c1. The van der Waals surface area contributed by atoms with Gasteiger partial charge in [0.05, 0.1) is 40.9 Å². The molecule has 168 valence electrons. The molecule has 11 heteroatoms. The number of anilines is 1. The van der Waals surface area contributed by atoms with Gasteiger partial charge in [0.2, 0.25) is 15.9 Å². The zero-order valence-electron chi connectivity index (χ0n) is 16.8. The van der Waals surface area contributed by atoms with Gasteiger partial charge in [0.1, 0.15) is 16.4 Å². The van der Waals surface area contributed by atoms with Gasteiger partial charge in [-0.1, -0.05) is 34.8 Å². The summed E-state index contributed by atoms with van der Waals surface area (Å²) in [7, 11) is -1.06. The molecule has 31 heavy (non-hydrogen) atoms. The number of halogens is 3. The molecule has 1 heterocycles. The van der Waals surface area contributed by atoms with Gasteiger partial charge in [0, 0.05) is 19.2 Å². The van der Waals surface area contributed by atoms with E-state index < -0.39 is 15.9 Å². The zero-order valence-corrected chi connectivity index (χ0v) is 19.9. The standard InChI is InChI=1S/C20H21Cl3N2O5S/c1-29-13-5-6-18(30-2)19(8-13)31(27,28)25-7-3-4-12(11-25)20(26)24-17-10-15(22)14(21)9-16(17)23/h5-6,8-10,12H,3-4,7,11H2,1-2H3,(H,24,26)/t12-/m1/s1. The predicted molar refractivity (Wildman–Crippen MR) is 121 cm³/mol. The molecule has 0 aliphatic carbocycles. The van der Waals surface area contributed by atoms with Crippen molar-refractivity contribution in [3.8, 4) is 11.5 Å². The summed E-state index contributed by atoms with van der Waals surface area (Å²) in [4.78, 5) is 12.8. The first-order chi connectivity index (χ1) is 14.7. The average Bonchev–Trinajstić information content (AvgIpc) is 2.77. The molecule has 1 atom stereocenters. The number of carbonyl (C=O) groups is 1. The molecule has 0 saturated carbocycles. The number of hydrogen-bond donors (Lipinski definition) is 1. The molecule has 1 N–H and O–H groups in total. The summed E-state index contributed by atoms with van der Waals surface area (Å²) in [5.41, 5.74) is 0.315. The molecule has 7 nitrogen and oxygen atoms in total. The van der Waals surface area contributed by atoms with Crippen molar-refractivity contribution in [2.24, 2.45) is 5.92 Å². The number of sulfonamides is 1. The lowest BCUT2D eigenvalue weighted by Crippen LogP contribution is -2.43. The van der Waals surface area contributed by atoms with Gasteiger partial charge in [-0.3, -0.25) is 4.79 Å². The van der Waals surface area contributed by atoms with Crippen LogP contribution in [0.4, 0.5) is 5.69 Å². The van der Waals surface area contributed by atoms with Crippen molar-refractivity contribution in [3.05, 3.63) is 45.4 Å². The molecule has 1 amide bonds. The summed E-state index contributed by atoms with van der Waals surface area (Å²) in [6, 6.07) is 7.46. The van der Waals surface area contributed by atoms with Crippen molar-refractivity contribution in [3.63, 3.8) is 0 Å². The Hall–Kier alpha value is -1.71. The van der Waals surface area contributed by atoms with E-state index in [-0.39, 0.29) is 38.2 Å². The summed E-state index contributed by atoms with van der Waals surface area (Å²) >= 11 is 18.1. The van der Waals surface area contributed by atoms with Crippen molar-refractivity contribution < 1.29 is 22.7 Å². The first-order valence-corrected chi connectivity index (χ1v) is 11.9. The number of benzene rings is 2. The van der Waals surface area contributed by atoms with Crippen molar-refractivity contribution in [1.82, 2.24) is 4.31 Å². The monoisotopic (exact) mass is 506 g/mol. The molecule has 0 spiro atoms. The van der Waals surface area contributed by atoms with Crippen LogP contribution < -0.4 is 14.8 Å². The number of methoxy groups -OCH3 is 2. The van der Waals surface area contributed by atoms with Gasteiger partial charge in [-0.05, 0) is 37.1 Å². The van der Waals surface area contributed by atoms with E-state index in [2.05, 4.69) is 5.32 Å². The summed E-state index contributed by atoms with van der Waals surface area (Å²) in [5, 5.41) is 3.48. The Balaban J connectivity index is 1.82. The molecule has 0 bridgehead atoms. The Morgan fingerprint density at radius 1 is 1.06 bits per heavy atom. The van der Waals surface area contributed by atoms with Crippen molar-refractivity contribution >= 4 is 56.4 Å². The number of ether oxygens (including phenoxy) is 2. The Labute approximate surface area is 196 Å². The molecule has 0 radical (unpaired) electrons. The molecule has 1 aliphatic rings. The van der Waals surface area contributed by atoms with Gasteiger partial charge in [-0.25, -0.2) is 8.42 Å². The lowest BCUT2D eigenvalue weighted by Gasteiger charge is -2.31. The summed E-state index contributed by atoms with van der Waals surface area (Å²) in [6.07, 6.45) is 1.06. The number of piperidine rings is 1. The molecular weight excluding hydrogens is 487 g/mol. The van der Waals surface area contributed by atoms with Crippen LogP contribution in [-0.4, -0.2) is 45.9 Å². The van der Waals surface area contributed by atoms with E-state index in [9.17, 15) is 13.2 Å². The normalized spacial score (nSPS) is 17.3. The highest BCUT2D eigenvalue weighted by atomic mass is 35.5. The molecule has 0 unspecified atom stereocenters. The first kappa shape index (κ1) is 23.9. The minimum atomic E-state index is -3.91. The van der Waals surface area contributed by atoms with Crippen LogP contribution in [0.3, 0.4) is 0 Å². The molecule has 2 aromatic rings. The number of carbonyl (C=O) groups excluding carboxylic acids is 1. The van der Waals surface area contributed by atoms with Crippen LogP contribution >= 0.6 is 34.8 Å². The number of hydrogen-bond acceptors (Lipinski definition) is 5. The number of amides is 1. The van der Waals surface area contributed by atoms with Crippen LogP contribution in [-0.2, 0) is 14.8 Å². The van der Waals surface area contributed by atoms with Crippen molar-refractivity contribution in [2.75, 3.05) is 32.6 Å². The number of rotatable bonds is 6. The van der Waals surface area contributed by atoms with E-state index in [1.165, 1.54) is 42.8 Å². The van der Waals surface area contributed by atoms with Gasteiger partial charge in [0.15, 0.2) is 0 Å². The van der Waals surface area contributed by atoms with E-state index in [0.29, 0.717) is 30.8 Å². The fraction of sp³-hybridized carbons (Fsp3) is 0.350. The highest BCUT2D eigenvalue weighted by Gasteiger charge is 2.35. The molecule has 1 fully saturated rings. The molecule has 0 aromatic heterocycles. The van der Waals surface area contributed by atoms with Crippen LogP contribution in [0, 0.1) is 5.92 Å². The third kappa shape index (κ3) is 5.21. The van der Waals surface area contributed by atoms with Crippen LogP contribution in [0.2, 0.25) is 15.1 Å². The van der Waals surface area contributed by atoms with E-state index in [1.54, 1.807) is 6.07 Å². The van der Waals surface area contributed by atoms with Crippen LogP contribution in [0.5, 0.6) is 11.5 Å². The van der Waals surface area contributed by atoms with E-state index in [0.717, 1.165) is 0 Å². The van der Waals surface area contributed by atoms with Gasteiger partial charge in [-0.15, -0.1) is 0 Å². The number of nitrogens with zero attached hydrogens (tertiary/aromatic N) is 1. The molecular formula is C20H21Cl3N2O5S. The zero-order chi connectivity index (χ0) is 22.8. The van der Waals surface area contributed by atoms with Gasteiger partial charge in [-0.2, -0.15) is 4.31 Å². The second-order valence-corrected chi connectivity index (χ2v) is 10.1.